The Bertz CT molecular complexity index is 1270. The summed E-state index contributed by atoms with van der Waals surface area (Å²) in [5.74, 6) is 1.09. The maximum Gasteiger partial charge on any atom is 0.243 e. The van der Waals surface area contributed by atoms with E-state index in [2.05, 4.69) is 12.2 Å². The van der Waals surface area contributed by atoms with Gasteiger partial charge in [-0.15, -0.1) is 0 Å². The third-order valence-electron chi connectivity index (χ3n) is 6.69. The Morgan fingerprint density at radius 2 is 1.72 bits per heavy atom. The van der Waals surface area contributed by atoms with Crippen LogP contribution in [0.5, 0.6) is 11.5 Å². The summed E-state index contributed by atoms with van der Waals surface area (Å²) in [5, 5.41) is 4.01. The fourth-order valence-electron chi connectivity index (χ4n) is 4.53. The number of ether oxygens (including phenoxy) is 2. The summed E-state index contributed by atoms with van der Waals surface area (Å²) in [4.78, 5) is 29.1. The molecule has 0 saturated heterocycles. The Hall–Kier alpha value is -3.22. The van der Waals surface area contributed by atoms with Gasteiger partial charge in [0, 0.05) is 36.0 Å². The molecule has 206 valence electrons. The normalized spacial score (nSPS) is 13.0. The third kappa shape index (κ3) is 8.13. The van der Waals surface area contributed by atoms with Gasteiger partial charge < -0.3 is 19.7 Å². The van der Waals surface area contributed by atoms with Crippen LogP contribution in [0.2, 0.25) is 10.0 Å². The number of nitrogens with zero attached hydrogens (tertiary/aromatic N) is 1. The zero-order valence-corrected chi connectivity index (χ0v) is 23.6. The van der Waals surface area contributed by atoms with Crippen LogP contribution in [0, 0.1) is 0 Å². The van der Waals surface area contributed by atoms with E-state index in [0.717, 1.165) is 29.5 Å². The number of carbonyl (C=O) groups is 2. The number of unbranched alkanes of at least 4 members (excludes halogenated alkanes) is 1. The first-order valence-electron chi connectivity index (χ1n) is 13.4. The van der Waals surface area contributed by atoms with Crippen molar-refractivity contribution in [1.29, 1.82) is 0 Å². The molecule has 6 nitrogen and oxygen atoms in total. The summed E-state index contributed by atoms with van der Waals surface area (Å²) in [5.41, 5.74) is 2.66. The van der Waals surface area contributed by atoms with Gasteiger partial charge in [0.2, 0.25) is 11.8 Å². The minimum absolute atomic E-state index is 0.137. The number of rotatable bonds is 12. The van der Waals surface area contributed by atoms with Crippen LogP contribution >= 0.6 is 23.2 Å². The average molecular weight is 570 g/mol. The van der Waals surface area contributed by atoms with Crippen molar-refractivity contribution in [3.05, 3.63) is 93.5 Å². The van der Waals surface area contributed by atoms with E-state index < -0.39 is 6.04 Å². The maximum atomic E-state index is 13.9. The molecule has 0 aliphatic carbocycles. The first-order valence-corrected chi connectivity index (χ1v) is 14.1. The molecule has 0 radical (unpaired) electrons. The fraction of sp³-hybridized carbons (Fsp3) is 0.355. The van der Waals surface area contributed by atoms with E-state index in [0.29, 0.717) is 54.1 Å². The molecule has 3 aromatic rings. The summed E-state index contributed by atoms with van der Waals surface area (Å²) in [7, 11) is 0. The molecule has 3 aromatic carbocycles. The highest BCUT2D eigenvalue weighted by Crippen LogP contribution is 2.31. The Morgan fingerprint density at radius 1 is 0.949 bits per heavy atom. The van der Waals surface area contributed by atoms with Crippen molar-refractivity contribution in [2.45, 2.75) is 51.6 Å². The Kier molecular flexibility index (Phi) is 10.5. The van der Waals surface area contributed by atoms with E-state index in [4.69, 9.17) is 32.7 Å². The van der Waals surface area contributed by atoms with Gasteiger partial charge in [-0.3, -0.25) is 9.59 Å². The third-order valence-corrected chi connectivity index (χ3v) is 7.28. The number of aryl methyl sites for hydroxylation is 1. The van der Waals surface area contributed by atoms with Crippen LogP contribution in [0.4, 0.5) is 0 Å². The van der Waals surface area contributed by atoms with Crippen LogP contribution in [0.25, 0.3) is 0 Å². The van der Waals surface area contributed by atoms with E-state index in [1.54, 1.807) is 23.1 Å². The van der Waals surface area contributed by atoms with E-state index in [1.807, 2.05) is 48.5 Å². The maximum absolute atomic E-state index is 13.9. The molecule has 1 N–H and O–H groups in total. The summed E-state index contributed by atoms with van der Waals surface area (Å²) in [6.45, 7) is 3.84. The molecule has 0 unspecified atom stereocenters. The number of hydrogen-bond donors (Lipinski definition) is 1. The van der Waals surface area contributed by atoms with Gasteiger partial charge >= 0.3 is 0 Å². The molecular weight excluding hydrogens is 535 g/mol. The molecule has 39 heavy (non-hydrogen) atoms. The zero-order chi connectivity index (χ0) is 27.6. The molecule has 0 bridgehead atoms. The number of fused-ring (bicyclic) bond motifs is 1. The average Bonchev–Trinajstić information content (AvgIpc) is 2.95. The van der Waals surface area contributed by atoms with Crippen molar-refractivity contribution in [2.75, 3.05) is 19.8 Å². The van der Waals surface area contributed by atoms with E-state index in [9.17, 15) is 9.59 Å². The van der Waals surface area contributed by atoms with Gasteiger partial charge in [0.25, 0.3) is 0 Å². The smallest absolute Gasteiger partial charge is 0.243 e. The minimum atomic E-state index is -0.705. The lowest BCUT2D eigenvalue weighted by Crippen LogP contribution is -2.50. The standard InChI is InChI=1S/C31H34Cl2N2O4/c1-2-3-15-34-31(37)27(18-22-7-5-4-6-8-22)35(21-24-11-12-25(32)20-26(24)33)30(36)14-10-23-9-13-28-29(19-23)39-17-16-38-28/h4-9,11-13,19-20,27H,2-3,10,14-18,21H2,1H3,(H,34,37)/t27-/m0/s1. The Balaban J connectivity index is 1.60. The molecule has 0 saturated carbocycles. The number of benzene rings is 3. The highest BCUT2D eigenvalue weighted by molar-refractivity contribution is 6.35. The largest absolute Gasteiger partial charge is 0.486 e. The predicted molar refractivity (Wildman–Crippen MR) is 155 cm³/mol. The van der Waals surface area contributed by atoms with Crippen LogP contribution in [-0.4, -0.2) is 42.5 Å². The van der Waals surface area contributed by atoms with Gasteiger partial charge in [-0.05, 0) is 53.8 Å². The molecular formula is C31H34Cl2N2O4. The Morgan fingerprint density at radius 3 is 2.46 bits per heavy atom. The summed E-state index contributed by atoms with van der Waals surface area (Å²) in [6.07, 6.45) is 2.93. The second-order valence-corrected chi connectivity index (χ2v) is 10.4. The molecule has 2 amide bonds. The van der Waals surface area contributed by atoms with Crippen molar-refractivity contribution < 1.29 is 19.1 Å². The number of nitrogens with one attached hydrogen (secondary N) is 1. The van der Waals surface area contributed by atoms with Gasteiger partial charge in [0.05, 0.1) is 0 Å². The molecule has 1 heterocycles. The second-order valence-electron chi connectivity index (χ2n) is 9.59. The SMILES string of the molecule is CCCCNC(=O)[C@H](Cc1ccccc1)N(Cc1ccc(Cl)cc1Cl)C(=O)CCc1ccc2c(c1)OCCO2. The first-order chi connectivity index (χ1) is 18.9. The lowest BCUT2D eigenvalue weighted by molar-refractivity contribution is -0.141. The topological polar surface area (TPSA) is 67.9 Å². The van der Waals surface area contributed by atoms with E-state index in [-0.39, 0.29) is 24.8 Å². The van der Waals surface area contributed by atoms with Crippen LogP contribution in [-0.2, 0) is 29.0 Å². The number of carbonyl (C=O) groups excluding carboxylic acids is 2. The predicted octanol–water partition coefficient (Wildman–Crippen LogP) is 6.25. The number of amides is 2. The van der Waals surface area contributed by atoms with E-state index in [1.165, 1.54) is 0 Å². The molecule has 8 heteroatoms. The van der Waals surface area contributed by atoms with Crippen molar-refractivity contribution in [1.82, 2.24) is 10.2 Å². The van der Waals surface area contributed by atoms with Gasteiger partial charge in [-0.1, -0.05) is 79.0 Å². The van der Waals surface area contributed by atoms with Gasteiger partial charge in [0.15, 0.2) is 11.5 Å². The number of hydrogen-bond acceptors (Lipinski definition) is 4. The quantitative estimate of drug-likeness (QED) is 0.262. The highest BCUT2D eigenvalue weighted by atomic mass is 35.5. The van der Waals surface area contributed by atoms with Crippen LogP contribution < -0.4 is 14.8 Å². The molecule has 0 spiro atoms. The molecule has 1 atom stereocenters. The molecule has 0 fully saturated rings. The molecule has 1 aliphatic rings. The van der Waals surface area contributed by atoms with Gasteiger partial charge in [-0.25, -0.2) is 0 Å². The highest BCUT2D eigenvalue weighted by Gasteiger charge is 2.30. The van der Waals surface area contributed by atoms with Gasteiger partial charge in [-0.2, -0.15) is 0 Å². The summed E-state index contributed by atoms with van der Waals surface area (Å²) >= 11 is 12.6. The molecule has 1 aliphatic heterocycles. The van der Waals surface area contributed by atoms with Crippen molar-refractivity contribution >= 4 is 35.0 Å². The van der Waals surface area contributed by atoms with Crippen LogP contribution in [0.1, 0.15) is 42.9 Å². The van der Waals surface area contributed by atoms with Crippen LogP contribution in [0.3, 0.4) is 0 Å². The van der Waals surface area contributed by atoms with Crippen molar-refractivity contribution in [2.24, 2.45) is 0 Å². The fourth-order valence-corrected chi connectivity index (χ4v) is 5.00. The molecule has 4 rings (SSSR count). The van der Waals surface area contributed by atoms with Gasteiger partial charge in [0.1, 0.15) is 19.3 Å². The zero-order valence-electron chi connectivity index (χ0n) is 22.1. The van der Waals surface area contributed by atoms with E-state index >= 15 is 0 Å². The summed E-state index contributed by atoms with van der Waals surface area (Å²) < 4.78 is 11.3. The van der Waals surface area contributed by atoms with Crippen LogP contribution in [0.15, 0.2) is 66.7 Å². The molecule has 0 aromatic heterocycles. The lowest BCUT2D eigenvalue weighted by atomic mass is 10.0. The number of halogens is 2. The monoisotopic (exact) mass is 568 g/mol. The Labute approximate surface area is 240 Å². The lowest BCUT2D eigenvalue weighted by Gasteiger charge is -2.32. The second kappa shape index (κ2) is 14.2. The van der Waals surface area contributed by atoms with Crippen molar-refractivity contribution in [3.63, 3.8) is 0 Å². The minimum Gasteiger partial charge on any atom is -0.486 e. The first kappa shape index (κ1) is 28.8. The summed E-state index contributed by atoms with van der Waals surface area (Å²) in [6, 6.07) is 20.0. The van der Waals surface area contributed by atoms with Crippen molar-refractivity contribution in [3.8, 4) is 11.5 Å².